The molecule has 0 radical (unpaired) electrons. The first-order valence-corrected chi connectivity index (χ1v) is 8.04. The van der Waals surface area contributed by atoms with Crippen molar-refractivity contribution in [1.29, 1.82) is 0 Å². The van der Waals surface area contributed by atoms with Crippen molar-refractivity contribution < 1.29 is 9.15 Å². The van der Waals surface area contributed by atoms with E-state index in [1.807, 2.05) is 19.1 Å². The van der Waals surface area contributed by atoms with Gasteiger partial charge in [-0.2, -0.15) is 0 Å². The number of aliphatic imine (C=N–C) groups is 1. The Bertz CT molecular complexity index is 493. The highest BCUT2D eigenvalue weighted by molar-refractivity contribution is 14.0. The maximum Gasteiger partial charge on any atom is 0.191 e. The van der Waals surface area contributed by atoms with Gasteiger partial charge < -0.3 is 19.8 Å². The molecule has 0 saturated heterocycles. The third-order valence-corrected chi connectivity index (χ3v) is 3.47. The summed E-state index contributed by atoms with van der Waals surface area (Å²) in [6.07, 6.45) is 2.57. The first-order chi connectivity index (χ1) is 10.8. The van der Waals surface area contributed by atoms with Gasteiger partial charge in [-0.3, -0.25) is 4.99 Å². The molecular formula is C18H32IN3O2. The molecule has 1 aromatic heterocycles. The first kappa shape index (κ1) is 23.0. The molecule has 0 amide bonds. The van der Waals surface area contributed by atoms with Crippen LogP contribution in [-0.4, -0.2) is 38.8 Å². The largest absolute Gasteiger partial charge is 0.469 e. The fourth-order valence-corrected chi connectivity index (χ4v) is 2.04. The number of guanidine groups is 1. The van der Waals surface area contributed by atoms with E-state index >= 15 is 0 Å². The second-order valence-corrected chi connectivity index (χ2v) is 6.85. The van der Waals surface area contributed by atoms with E-state index in [0.717, 1.165) is 30.3 Å². The molecular weight excluding hydrogens is 417 g/mol. The minimum atomic E-state index is 0. The van der Waals surface area contributed by atoms with Crippen molar-refractivity contribution in [2.75, 3.05) is 26.7 Å². The van der Waals surface area contributed by atoms with Crippen LogP contribution in [0.3, 0.4) is 0 Å². The molecule has 0 aliphatic carbocycles. The topological polar surface area (TPSA) is 58.8 Å². The summed E-state index contributed by atoms with van der Waals surface area (Å²) in [5.74, 6) is 1.73. The van der Waals surface area contributed by atoms with E-state index in [4.69, 9.17) is 9.15 Å². The van der Waals surface area contributed by atoms with Crippen molar-refractivity contribution in [3.05, 3.63) is 36.3 Å². The fraction of sp³-hybridized carbons (Fsp3) is 0.611. The number of ether oxygens (including phenoxy) is 1. The second-order valence-electron chi connectivity index (χ2n) is 6.85. The predicted octanol–water partition coefficient (Wildman–Crippen LogP) is 3.61. The van der Waals surface area contributed by atoms with Crippen LogP contribution in [0.15, 0.2) is 40.0 Å². The number of methoxy groups -OCH3 is 1. The van der Waals surface area contributed by atoms with Crippen LogP contribution in [0.4, 0.5) is 0 Å². The molecule has 0 saturated carbocycles. The first-order valence-electron chi connectivity index (χ1n) is 8.04. The monoisotopic (exact) mass is 449 g/mol. The highest BCUT2D eigenvalue weighted by atomic mass is 127. The molecule has 5 nitrogen and oxygen atoms in total. The Morgan fingerprint density at radius 3 is 2.58 bits per heavy atom. The van der Waals surface area contributed by atoms with Crippen LogP contribution in [-0.2, 0) is 11.2 Å². The molecule has 0 aromatic carbocycles. The third kappa shape index (κ3) is 9.32. The van der Waals surface area contributed by atoms with Gasteiger partial charge in [0.2, 0.25) is 0 Å². The lowest BCUT2D eigenvalue weighted by Crippen LogP contribution is -2.40. The zero-order chi connectivity index (χ0) is 17.3. The van der Waals surface area contributed by atoms with Crippen molar-refractivity contribution >= 4 is 29.9 Å². The third-order valence-electron chi connectivity index (χ3n) is 3.47. The maximum absolute atomic E-state index is 5.56. The van der Waals surface area contributed by atoms with E-state index in [0.29, 0.717) is 13.1 Å². The minimum Gasteiger partial charge on any atom is -0.469 e. The molecule has 0 fully saturated rings. The number of nitrogens with zero attached hydrogens (tertiary/aromatic N) is 1. The smallest absolute Gasteiger partial charge is 0.191 e. The number of hydrogen-bond donors (Lipinski definition) is 2. The lowest BCUT2D eigenvalue weighted by atomic mass is 9.89. The summed E-state index contributed by atoms with van der Waals surface area (Å²) in [5, 5.41) is 6.61. The number of halogens is 1. The van der Waals surface area contributed by atoms with Gasteiger partial charge in [0.05, 0.1) is 18.9 Å². The van der Waals surface area contributed by atoms with Gasteiger partial charge in [0.25, 0.3) is 0 Å². The fourth-order valence-electron chi connectivity index (χ4n) is 2.04. The number of rotatable bonds is 8. The van der Waals surface area contributed by atoms with Crippen LogP contribution in [0, 0.1) is 5.41 Å². The Morgan fingerprint density at radius 2 is 2.08 bits per heavy atom. The molecule has 6 heteroatoms. The normalized spacial score (nSPS) is 13.1. The quantitative estimate of drug-likeness (QED) is 0.276. The van der Waals surface area contributed by atoms with E-state index in [2.05, 4.69) is 43.0 Å². The highest BCUT2D eigenvalue weighted by Crippen LogP contribution is 2.21. The van der Waals surface area contributed by atoms with Crippen LogP contribution in [0.2, 0.25) is 0 Å². The number of hydrogen-bond acceptors (Lipinski definition) is 3. The van der Waals surface area contributed by atoms with Crippen LogP contribution in [0.25, 0.3) is 0 Å². The summed E-state index contributed by atoms with van der Waals surface area (Å²) in [6.45, 7) is 14.4. The average molecular weight is 449 g/mol. The van der Waals surface area contributed by atoms with Gasteiger partial charge in [0.1, 0.15) is 5.76 Å². The molecule has 1 heterocycles. The predicted molar refractivity (Wildman–Crippen MR) is 111 cm³/mol. The number of furan rings is 1. The summed E-state index contributed by atoms with van der Waals surface area (Å²) >= 11 is 0. The molecule has 1 unspecified atom stereocenters. The van der Waals surface area contributed by atoms with Crippen molar-refractivity contribution in [1.82, 2.24) is 10.6 Å². The van der Waals surface area contributed by atoms with Gasteiger partial charge in [0, 0.05) is 26.6 Å². The Morgan fingerprint density at radius 1 is 1.38 bits per heavy atom. The van der Waals surface area contributed by atoms with Crippen molar-refractivity contribution in [2.24, 2.45) is 10.4 Å². The minimum absolute atomic E-state index is 0. The van der Waals surface area contributed by atoms with Crippen LogP contribution in [0.5, 0.6) is 0 Å². The molecule has 2 N–H and O–H groups in total. The molecule has 0 aliphatic rings. The molecule has 1 aromatic rings. The van der Waals surface area contributed by atoms with Gasteiger partial charge >= 0.3 is 0 Å². The molecule has 24 heavy (non-hydrogen) atoms. The zero-order valence-corrected chi connectivity index (χ0v) is 17.8. The summed E-state index contributed by atoms with van der Waals surface area (Å²) in [6, 6.07) is 3.87. The van der Waals surface area contributed by atoms with Gasteiger partial charge in [-0.1, -0.05) is 32.9 Å². The molecule has 0 aliphatic heterocycles. The van der Waals surface area contributed by atoms with Crippen LogP contribution in [0.1, 0.15) is 33.5 Å². The van der Waals surface area contributed by atoms with Crippen molar-refractivity contribution in [3.8, 4) is 0 Å². The lowest BCUT2D eigenvalue weighted by Gasteiger charge is -2.28. The van der Waals surface area contributed by atoms with Gasteiger partial charge in [-0.05, 0) is 24.5 Å². The molecule has 1 rings (SSSR count). The van der Waals surface area contributed by atoms with Gasteiger partial charge in [0.15, 0.2) is 5.96 Å². The molecule has 0 bridgehead atoms. The van der Waals surface area contributed by atoms with Crippen LogP contribution >= 0.6 is 24.0 Å². The summed E-state index contributed by atoms with van der Waals surface area (Å²) in [7, 11) is 1.73. The summed E-state index contributed by atoms with van der Waals surface area (Å²) in [4.78, 5) is 4.65. The average Bonchev–Trinajstić information content (AvgIpc) is 2.96. The zero-order valence-electron chi connectivity index (χ0n) is 15.5. The van der Waals surface area contributed by atoms with Crippen molar-refractivity contribution in [3.63, 3.8) is 0 Å². The maximum atomic E-state index is 5.56. The van der Waals surface area contributed by atoms with Gasteiger partial charge in [-0.15, -0.1) is 24.0 Å². The SMILES string of the molecule is C=C(C)CNC(=NCC(OC)C(C)(C)C)NCCc1ccco1.I. The van der Waals surface area contributed by atoms with E-state index in [-0.39, 0.29) is 35.5 Å². The summed E-state index contributed by atoms with van der Waals surface area (Å²) in [5.41, 5.74) is 1.11. The summed E-state index contributed by atoms with van der Waals surface area (Å²) < 4.78 is 10.9. The van der Waals surface area contributed by atoms with Crippen molar-refractivity contribution in [2.45, 2.75) is 40.2 Å². The molecule has 0 spiro atoms. The lowest BCUT2D eigenvalue weighted by molar-refractivity contribution is 0.0241. The number of nitrogens with one attached hydrogen (secondary N) is 2. The Hall–Kier alpha value is -1.02. The molecule has 1 atom stereocenters. The Balaban J connectivity index is 0.00000529. The second kappa shape index (κ2) is 11.5. The van der Waals surface area contributed by atoms with Crippen LogP contribution < -0.4 is 10.6 Å². The Labute approximate surface area is 163 Å². The Kier molecular flexibility index (Phi) is 11.0. The molecule has 138 valence electrons. The standard InChI is InChI=1S/C18H31N3O2.HI/c1-14(2)12-20-17(19-10-9-15-8-7-11-23-15)21-13-16(22-6)18(3,4)5;/h7-8,11,16H,1,9-10,12-13H2,2-6H3,(H2,19,20,21);1H. The van der Waals surface area contributed by atoms with E-state index in [9.17, 15) is 0 Å². The highest BCUT2D eigenvalue weighted by Gasteiger charge is 2.24. The van der Waals surface area contributed by atoms with E-state index in [1.165, 1.54) is 0 Å². The van der Waals surface area contributed by atoms with Gasteiger partial charge in [-0.25, -0.2) is 0 Å². The van der Waals surface area contributed by atoms with E-state index < -0.39 is 0 Å². The van der Waals surface area contributed by atoms with E-state index in [1.54, 1.807) is 13.4 Å².